The van der Waals surface area contributed by atoms with E-state index in [1.54, 1.807) is 0 Å². The van der Waals surface area contributed by atoms with E-state index in [0.717, 1.165) is 25.7 Å². The first-order valence-corrected chi connectivity index (χ1v) is 10.2. The average Bonchev–Trinajstić information content (AvgIpc) is 2.55. The number of nitrogens with one attached hydrogen (secondary N) is 1. The second-order valence-corrected chi connectivity index (χ2v) is 6.84. The first kappa shape index (κ1) is 22.4. The van der Waals surface area contributed by atoms with Crippen molar-refractivity contribution in [1.29, 1.82) is 0 Å². The standard InChI is InChI=1S/C20H41NO2/c1-3-5-7-8-9-10-11-12-13-14-15-16-17-19(22)20(23)21-18-6-4-2/h19,22H,3-18H2,1-2H3,(H,21,23). The number of hydrogen-bond acceptors (Lipinski definition) is 2. The minimum atomic E-state index is -0.810. The molecule has 1 unspecified atom stereocenters. The predicted octanol–water partition coefficient (Wildman–Crippen LogP) is 5.35. The van der Waals surface area contributed by atoms with Gasteiger partial charge in [0.05, 0.1) is 0 Å². The molecule has 0 aromatic rings. The summed E-state index contributed by atoms with van der Waals surface area (Å²) in [5.74, 6) is -0.193. The molecule has 0 saturated carbocycles. The molecule has 23 heavy (non-hydrogen) atoms. The van der Waals surface area contributed by atoms with Gasteiger partial charge < -0.3 is 10.4 Å². The third-order valence-electron chi connectivity index (χ3n) is 4.46. The van der Waals surface area contributed by atoms with Crippen LogP contribution < -0.4 is 5.32 Å². The summed E-state index contributed by atoms with van der Waals surface area (Å²) in [5, 5.41) is 12.6. The van der Waals surface area contributed by atoms with E-state index in [1.807, 2.05) is 0 Å². The number of hydrogen-bond donors (Lipinski definition) is 2. The van der Waals surface area contributed by atoms with Crippen LogP contribution in [0.5, 0.6) is 0 Å². The van der Waals surface area contributed by atoms with Crippen LogP contribution in [-0.2, 0) is 4.79 Å². The highest BCUT2D eigenvalue weighted by atomic mass is 16.3. The van der Waals surface area contributed by atoms with Crippen LogP contribution in [-0.4, -0.2) is 23.7 Å². The summed E-state index contributed by atoms with van der Waals surface area (Å²) in [5.41, 5.74) is 0. The first-order valence-electron chi connectivity index (χ1n) is 10.2. The van der Waals surface area contributed by atoms with Gasteiger partial charge in [-0.15, -0.1) is 0 Å². The Kier molecular flexibility index (Phi) is 17.3. The minimum Gasteiger partial charge on any atom is -0.383 e. The van der Waals surface area contributed by atoms with Gasteiger partial charge in [0.2, 0.25) is 5.91 Å². The quantitative estimate of drug-likeness (QED) is 0.354. The SMILES string of the molecule is CCCCCCCCCCCCCCC(O)C(=O)NCCCC. The summed E-state index contributed by atoms with van der Waals surface area (Å²) in [7, 11) is 0. The Hall–Kier alpha value is -0.570. The molecule has 0 aliphatic rings. The fourth-order valence-electron chi connectivity index (χ4n) is 2.82. The molecule has 0 aromatic heterocycles. The van der Waals surface area contributed by atoms with Gasteiger partial charge in [0, 0.05) is 6.54 Å². The van der Waals surface area contributed by atoms with E-state index < -0.39 is 6.10 Å². The summed E-state index contributed by atoms with van der Waals surface area (Å²) < 4.78 is 0. The number of aliphatic hydroxyl groups excluding tert-OH is 1. The van der Waals surface area contributed by atoms with E-state index in [9.17, 15) is 9.90 Å². The molecular formula is C20H41NO2. The van der Waals surface area contributed by atoms with Gasteiger partial charge in [-0.25, -0.2) is 0 Å². The van der Waals surface area contributed by atoms with Crippen molar-refractivity contribution >= 4 is 5.91 Å². The maximum Gasteiger partial charge on any atom is 0.248 e. The van der Waals surface area contributed by atoms with Gasteiger partial charge in [-0.3, -0.25) is 4.79 Å². The van der Waals surface area contributed by atoms with Gasteiger partial charge in [-0.2, -0.15) is 0 Å². The number of rotatable bonds is 17. The number of carbonyl (C=O) groups excluding carboxylic acids is 1. The van der Waals surface area contributed by atoms with E-state index in [0.29, 0.717) is 13.0 Å². The Morgan fingerprint density at radius 1 is 0.739 bits per heavy atom. The molecule has 3 heteroatoms. The molecule has 0 fully saturated rings. The Labute approximate surface area is 144 Å². The van der Waals surface area contributed by atoms with Gasteiger partial charge in [-0.1, -0.05) is 97.3 Å². The van der Waals surface area contributed by atoms with Crippen molar-refractivity contribution in [2.45, 2.75) is 116 Å². The van der Waals surface area contributed by atoms with E-state index >= 15 is 0 Å². The zero-order valence-electron chi connectivity index (χ0n) is 15.7. The highest BCUT2D eigenvalue weighted by molar-refractivity contribution is 5.80. The lowest BCUT2D eigenvalue weighted by molar-refractivity contribution is -0.129. The van der Waals surface area contributed by atoms with Crippen molar-refractivity contribution < 1.29 is 9.90 Å². The second-order valence-electron chi connectivity index (χ2n) is 6.84. The summed E-state index contributed by atoms with van der Waals surface area (Å²) in [6.45, 7) is 5.04. The highest BCUT2D eigenvalue weighted by Crippen LogP contribution is 2.13. The third-order valence-corrected chi connectivity index (χ3v) is 4.46. The number of unbranched alkanes of at least 4 members (excludes halogenated alkanes) is 12. The van der Waals surface area contributed by atoms with Crippen molar-refractivity contribution in [3.63, 3.8) is 0 Å². The van der Waals surface area contributed by atoms with Gasteiger partial charge in [0.15, 0.2) is 0 Å². The average molecular weight is 328 g/mol. The molecule has 0 aliphatic carbocycles. The van der Waals surface area contributed by atoms with Crippen LogP contribution in [0, 0.1) is 0 Å². The second kappa shape index (κ2) is 17.8. The highest BCUT2D eigenvalue weighted by Gasteiger charge is 2.13. The number of amides is 1. The molecular weight excluding hydrogens is 286 g/mol. The first-order chi connectivity index (χ1) is 11.2. The van der Waals surface area contributed by atoms with E-state index in [1.165, 1.54) is 64.2 Å². The minimum absolute atomic E-state index is 0.193. The predicted molar refractivity (Wildman–Crippen MR) is 99.6 cm³/mol. The van der Waals surface area contributed by atoms with Crippen molar-refractivity contribution in [1.82, 2.24) is 5.32 Å². The Morgan fingerprint density at radius 2 is 1.17 bits per heavy atom. The van der Waals surface area contributed by atoms with Crippen molar-refractivity contribution in [3.05, 3.63) is 0 Å². The molecule has 0 rings (SSSR count). The number of carbonyl (C=O) groups is 1. The fourth-order valence-corrected chi connectivity index (χ4v) is 2.82. The zero-order chi connectivity index (χ0) is 17.2. The van der Waals surface area contributed by atoms with E-state index in [2.05, 4.69) is 19.2 Å². The molecule has 0 heterocycles. The summed E-state index contributed by atoms with van der Waals surface area (Å²) in [6.07, 6.45) is 17.5. The smallest absolute Gasteiger partial charge is 0.248 e. The number of aliphatic hydroxyl groups is 1. The lowest BCUT2D eigenvalue weighted by atomic mass is 10.0. The lowest BCUT2D eigenvalue weighted by Crippen LogP contribution is -2.35. The Bertz CT molecular complexity index is 256. The molecule has 0 aromatic carbocycles. The molecule has 3 nitrogen and oxygen atoms in total. The van der Waals surface area contributed by atoms with E-state index in [-0.39, 0.29) is 5.91 Å². The van der Waals surface area contributed by atoms with Gasteiger partial charge in [-0.05, 0) is 12.8 Å². The molecule has 0 aliphatic heterocycles. The van der Waals surface area contributed by atoms with Gasteiger partial charge >= 0.3 is 0 Å². The van der Waals surface area contributed by atoms with Gasteiger partial charge in [0.25, 0.3) is 0 Å². The van der Waals surface area contributed by atoms with Crippen LogP contribution in [0.2, 0.25) is 0 Å². The maximum atomic E-state index is 11.6. The van der Waals surface area contributed by atoms with E-state index in [4.69, 9.17) is 0 Å². The molecule has 0 saturated heterocycles. The summed E-state index contributed by atoms with van der Waals surface area (Å²) >= 11 is 0. The zero-order valence-corrected chi connectivity index (χ0v) is 15.7. The molecule has 0 radical (unpaired) electrons. The fraction of sp³-hybridized carbons (Fsp3) is 0.950. The molecule has 1 amide bonds. The normalized spacial score (nSPS) is 12.3. The maximum absolute atomic E-state index is 11.6. The largest absolute Gasteiger partial charge is 0.383 e. The lowest BCUT2D eigenvalue weighted by Gasteiger charge is -2.10. The Morgan fingerprint density at radius 3 is 1.65 bits per heavy atom. The monoisotopic (exact) mass is 327 g/mol. The van der Waals surface area contributed by atoms with Crippen molar-refractivity contribution in [2.24, 2.45) is 0 Å². The van der Waals surface area contributed by atoms with Crippen molar-refractivity contribution in [2.75, 3.05) is 6.54 Å². The molecule has 0 spiro atoms. The van der Waals surface area contributed by atoms with Crippen LogP contribution in [0.4, 0.5) is 0 Å². The van der Waals surface area contributed by atoms with Crippen LogP contribution >= 0.6 is 0 Å². The summed E-state index contributed by atoms with van der Waals surface area (Å²) in [6, 6.07) is 0. The molecule has 0 bridgehead atoms. The van der Waals surface area contributed by atoms with Crippen LogP contribution in [0.15, 0.2) is 0 Å². The topological polar surface area (TPSA) is 49.3 Å². The summed E-state index contributed by atoms with van der Waals surface area (Å²) in [4.78, 5) is 11.6. The van der Waals surface area contributed by atoms with Crippen LogP contribution in [0.25, 0.3) is 0 Å². The molecule has 138 valence electrons. The van der Waals surface area contributed by atoms with Crippen LogP contribution in [0.3, 0.4) is 0 Å². The molecule has 1 atom stereocenters. The van der Waals surface area contributed by atoms with Gasteiger partial charge in [0.1, 0.15) is 6.10 Å². The van der Waals surface area contributed by atoms with Crippen LogP contribution in [0.1, 0.15) is 110 Å². The van der Waals surface area contributed by atoms with Crippen molar-refractivity contribution in [3.8, 4) is 0 Å². The Balaban J connectivity index is 3.24. The third kappa shape index (κ3) is 16.1. The molecule has 2 N–H and O–H groups in total.